The fourth-order valence-electron chi connectivity index (χ4n) is 2.52. The van der Waals surface area contributed by atoms with Crippen LogP contribution in [0.2, 0.25) is 0 Å². The maximum absolute atomic E-state index is 9.04. The van der Waals surface area contributed by atoms with Crippen LogP contribution in [0.3, 0.4) is 0 Å². The Hall–Kier alpha value is -2.58. The van der Waals surface area contributed by atoms with E-state index in [0.717, 1.165) is 11.1 Å². The predicted molar refractivity (Wildman–Crippen MR) is 83.9 cm³/mol. The topological polar surface area (TPSA) is 47.6 Å². The first-order valence-corrected chi connectivity index (χ1v) is 6.92. The third kappa shape index (κ3) is 2.67. The highest BCUT2D eigenvalue weighted by atomic mass is 14.3. The number of nitriles is 2. The van der Waals surface area contributed by atoms with Crippen molar-refractivity contribution in [3.8, 4) is 12.1 Å². The number of nitrogens with zero attached hydrogens (tertiary/aromatic N) is 2. The average Bonchev–Trinajstić information content (AvgIpc) is 2.47. The molecule has 0 atom stereocenters. The van der Waals surface area contributed by atoms with E-state index in [9.17, 15) is 0 Å². The van der Waals surface area contributed by atoms with Gasteiger partial charge in [-0.05, 0) is 48.2 Å². The molecule has 21 heavy (non-hydrogen) atoms. The van der Waals surface area contributed by atoms with Gasteiger partial charge in [0.05, 0.1) is 23.3 Å². The van der Waals surface area contributed by atoms with E-state index in [4.69, 9.17) is 10.5 Å². The Morgan fingerprint density at radius 1 is 0.762 bits per heavy atom. The van der Waals surface area contributed by atoms with E-state index in [1.165, 1.54) is 11.1 Å². The number of hydrogen-bond donors (Lipinski definition) is 0. The number of aryl methyl sites for hydroxylation is 2. The van der Waals surface area contributed by atoms with Crippen LogP contribution in [-0.2, 0) is 5.41 Å². The Bertz CT molecular complexity index is 706. The van der Waals surface area contributed by atoms with Gasteiger partial charge in [0, 0.05) is 5.41 Å². The summed E-state index contributed by atoms with van der Waals surface area (Å²) >= 11 is 0. The zero-order chi connectivity index (χ0) is 15.6. The molecule has 2 aromatic rings. The standard InChI is InChI=1S/C19H18N2/c1-13-9-17(7-5-15(13)11-20)19(3,4)18-8-6-16(12-21)14(2)10-18/h5-10H,1-4H3. The molecule has 0 radical (unpaired) electrons. The smallest absolute Gasteiger partial charge is 0.0994 e. The fourth-order valence-corrected chi connectivity index (χ4v) is 2.52. The minimum absolute atomic E-state index is 0.169. The van der Waals surface area contributed by atoms with Gasteiger partial charge in [0.1, 0.15) is 0 Å². The normalized spacial score (nSPS) is 10.8. The van der Waals surface area contributed by atoms with Gasteiger partial charge in [0.25, 0.3) is 0 Å². The van der Waals surface area contributed by atoms with Crippen LogP contribution >= 0.6 is 0 Å². The molecule has 0 aliphatic rings. The van der Waals surface area contributed by atoms with Crippen molar-refractivity contribution >= 4 is 0 Å². The lowest BCUT2D eigenvalue weighted by molar-refractivity contribution is 0.639. The Labute approximate surface area is 126 Å². The Balaban J connectivity index is 2.52. The molecule has 0 saturated heterocycles. The summed E-state index contributed by atoms with van der Waals surface area (Å²) in [6.07, 6.45) is 0. The molecule has 0 heterocycles. The highest BCUT2D eigenvalue weighted by Crippen LogP contribution is 2.33. The van der Waals surface area contributed by atoms with E-state index in [2.05, 4.69) is 38.1 Å². The lowest BCUT2D eigenvalue weighted by Gasteiger charge is -2.27. The molecule has 0 aliphatic carbocycles. The van der Waals surface area contributed by atoms with E-state index in [0.29, 0.717) is 11.1 Å². The third-order valence-electron chi connectivity index (χ3n) is 4.14. The molecular formula is C19H18N2. The van der Waals surface area contributed by atoms with Crippen LogP contribution in [0.15, 0.2) is 36.4 Å². The van der Waals surface area contributed by atoms with E-state index in [1.54, 1.807) is 0 Å². The van der Waals surface area contributed by atoms with Gasteiger partial charge >= 0.3 is 0 Å². The molecular weight excluding hydrogens is 256 g/mol. The molecule has 0 bridgehead atoms. The van der Waals surface area contributed by atoms with Crippen molar-refractivity contribution in [2.75, 3.05) is 0 Å². The third-order valence-corrected chi connectivity index (χ3v) is 4.14. The van der Waals surface area contributed by atoms with Crippen molar-refractivity contribution in [2.24, 2.45) is 0 Å². The van der Waals surface area contributed by atoms with E-state index < -0.39 is 0 Å². The van der Waals surface area contributed by atoms with Crippen LogP contribution in [-0.4, -0.2) is 0 Å². The van der Waals surface area contributed by atoms with E-state index >= 15 is 0 Å². The van der Waals surface area contributed by atoms with Gasteiger partial charge in [0.15, 0.2) is 0 Å². The summed E-state index contributed by atoms with van der Waals surface area (Å²) in [5, 5.41) is 18.1. The molecule has 2 heteroatoms. The number of benzene rings is 2. The number of hydrogen-bond acceptors (Lipinski definition) is 2. The van der Waals surface area contributed by atoms with Crippen LogP contribution in [0, 0.1) is 36.5 Å². The Morgan fingerprint density at radius 3 is 1.43 bits per heavy atom. The van der Waals surface area contributed by atoms with Gasteiger partial charge in [-0.25, -0.2) is 0 Å². The van der Waals surface area contributed by atoms with Crippen molar-refractivity contribution in [3.63, 3.8) is 0 Å². The monoisotopic (exact) mass is 274 g/mol. The van der Waals surface area contributed by atoms with Crippen molar-refractivity contribution in [2.45, 2.75) is 33.1 Å². The SMILES string of the molecule is Cc1cc(C(C)(C)c2ccc(C#N)c(C)c2)ccc1C#N. The molecule has 0 unspecified atom stereocenters. The zero-order valence-corrected chi connectivity index (χ0v) is 12.9. The largest absolute Gasteiger partial charge is 0.192 e. The first-order valence-electron chi connectivity index (χ1n) is 6.92. The molecule has 2 rings (SSSR count). The second-order valence-electron chi connectivity index (χ2n) is 5.91. The van der Waals surface area contributed by atoms with E-state index in [1.807, 2.05) is 38.1 Å². The molecule has 0 amide bonds. The van der Waals surface area contributed by atoms with Gasteiger partial charge < -0.3 is 0 Å². The van der Waals surface area contributed by atoms with Crippen molar-refractivity contribution in [1.29, 1.82) is 10.5 Å². The zero-order valence-electron chi connectivity index (χ0n) is 12.9. The van der Waals surface area contributed by atoms with Gasteiger partial charge in [-0.15, -0.1) is 0 Å². The Kier molecular flexibility index (Phi) is 3.83. The first-order chi connectivity index (χ1) is 9.90. The van der Waals surface area contributed by atoms with Crippen LogP contribution in [0.4, 0.5) is 0 Å². The Morgan fingerprint density at radius 2 is 1.14 bits per heavy atom. The average molecular weight is 274 g/mol. The maximum Gasteiger partial charge on any atom is 0.0994 e. The summed E-state index contributed by atoms with van der Waals surface area (Å²) in [5.41, 5.74) is 5.58. The second kappa shape index (κ2) is 5.43. The van der Waals surface area contributed by atoms with Gasteiger partial charge in [-0.3, -0.25) is 0 Å². The van der Waals surface area contributed by atoms with Crippen LogP contribution < -0.4 is 0 Å². The molecule has 2 aromatic carbocycles. The molecule has 0 saturated carbocycles. The maximum atomic E-state index is 9.04. The summed E-state index contributed by atoms with van der Waals surface area (Å²) in [6.45, 7) is 8.24. The molecule has 0 N–H and O–H groups in total. The lowest BCUT2D eigenvalue weighted by atomic mass is 9.76. The highest BCUT2D eigenvalue weighted by molar-refractivity contribution is 5.48. The van der Waals surface area contributed by atoms with Crippen LogP contribution in [0.5, 0.6) is 0 Å². The lowest BCUT2D eigenvalue weighted by Crippen LogP contribution is -2.19. The second-order valence-corrected chi connectivity index (χ2v) is 5.91. The molecule has 0 fully saturated rings. The molecule has 0 aromatic heterocycles. The summed E-state index contributed by atoms with van der Waals surface area (Å²) in [6, 6.07) is 16.3. The summed E-state index contributed by atoms with van der Waals surface area (Å²) in [4.78, 5) is 0. The van der Waals surface area contributed by atoms with Crippen LogP contribution in [0.25, 0.3) is 0 Å². The number of rotatable bonds is 2. The molecule has 2 nitrogen and oxygen atoms in total. The van der Waals surface area contributed by atoms with Gasteiger partial charge in [-0.1, -0.05) is 38.1 Å². The summed E-state index contributed by atoms with van der Waals surface area (Å²) < 4.78 is 0. The van der Waals surface area contributed by atoms with Crippen molar-refractivity contribution in [1.82, 2.24) is 0 Å². The van der Waals surface area contributed by atoms with Gasteiger partial charge in [-0.2, -0.15) is 10.5 Å². The van der Waals surface area contributed by atoms with Crippen molar-refractivity contribution < 1.29 is 0 Å². The van der Waals surface area contributed by atoms with Crippen LogP contribution in [0.1, 0.15) is 47.2 Å². The minimum atomic E-state index is -0.169. The highest BCUT2D eigenvalue weighted by Gasteiger charge is 2.24. The predicted octanol–water partition coefficient (Wildman–Crippen LogP) is 4.37. The van der Waals surface area contributed by atoms with Gasteiger partial charge in [0.2, 0.25) is 0 Å². The first kappa shape index (κ1) is 14.8. The summed E-state index contributed by atoms with van der Waals surface area (Å²) in [5.74, 6) is 0. The van der Waals surface area contributed by atoms with Crippen molar-refractivity contribution in [3.05, 3.63) is 69.8 Å². The van der Waals surface area contributed by atoms with E-state index in [-0.39, 0.29) is 5.41 Å². The molecule has 0 aliphatic heterocycles. The molecule has 0 spiro atoms. The quantitative estimate of drug-likeness (QED) is 0.816. The summed E-state index contributed by atoms with van der Waals surface area (Å²) in [7, 11) is 0. The minimum Gasteiger partial charge on any atom is -0.192 e. The molecule has 104 valence electrons. The fraction of sp³-hybridized carbons (Fsp3) is 0.263.